The summed E-state index contributed by atoms with van der Waals surface area (Å²) in [6.07, 6.45) is 1.11. The summed E-state index contributed by atoms with van der Waals surface area (Å²) in [6.45, 7) is 6.39. The molecule has 1 rings (SSSR count). The Hall–Kier alpha value is -1.56. The van der Waals surface area contributed by atoms with Crippen molar-refractivity contribution in [2.24, 2.45) is 0 Å². The molecule has 0 aromatic carbocycles. The van der Waals surface area contributed by atoms with Gasteiger partial charge in [0.05, 0.1) is 0 Å². The van der Waals surface area contributed by atoms with Gasteiger partial charge in [-0.25, -0.2) is 14.8 Å². The molecule has 0 unspecified atom stereocenters. The van der Waals surface area contributed by atoms with Crippen LogP contribution >= 0.6 is 11.6 Å². The average molecular weight is 273 g/mol. The number of hydrogen-bond acceptors (Lipinski definition) is 5. The van der Waals surface area contributed by atoms with E-state index in [-0.39, 0.29) is 5.28 Å². The molecule has 1 heterocycles. The van der Waals surface area contributed by atoms with Crippen LogP contribution in [0.15, 0.2) is 12.3 Å². The van der Waals surface area contributed by atoms with Crippen LogP contribution < -0.4 is 10.6 Å². The molecule has 0 spiro atoms. The minimum atomic E-state index is -0.488. The Balaban J connectivity index is 2.21. The van der Waals surface area contributed by atoms with Crippen molar-refractivity contribution in [3.8, 4) is 0 Å². The summed E-state index contributed by atoms with van der Waals surface area (Å²) in [6, 6.07) is 1.69. The third-order valence-electron chi connectivity index (χ3n) is 1.73. The molecular formula is C11H17ClN4O2. The first-order chi connectivity index (χ1) is 8.37. The highest BCUT2D eigenvalue weighted by molar-refractivity contribution is 6.28. The van der Waals surface area contributed by atoms with E-state index in [9.17, 15) is 4.79 Å². The first-order valence-electron chi connectivity index (χ1n) is 5.56. The van der Waals surface area contributed by atoms with Gasteiger partial charge in [0.25, 0.3) is 0 Å². The van der Waals surface area contributed by atoms with Crippen LogP contribution in [0.25, 0.3) is 0 Å². The van der Waals surface area contributed by atoms with Gasteiger partial charge in [-0.2, -0.15) is 0 Å². The van der Waals surface area contributed by atoms with E-state index in [1.165, 1.54) is 0 Å². The summed E-state index contributed by atoms with van der Waals surface area (Å²) in [5.41, 5.74) is -0.488. The number of amides is 1. The monoisotopic (exact) mass is 272 g/mol. The van der Waals surface area contributed by atoms with Crippen molar-refractivity contribution in [2.75, 3.05) is 18.4 Å². The summed E-state index contributed by atoms with van der Waals surface area (Å²) in [5, 5.41) is 5.80. The summed E-state index contributed by atoms with van der Waals surface area (Å²) < 4.78 is 5.08. The van der Waals surface area contributed by atoms with E-state index in [1.54, 1.807) is 12.3 Å². The fourth-order valence-electron chi connectivity index (χ4n) is 1.10. The van der Waals surface area contributed by atoms with Crippen LogP contribution in [-0.2, 0) is 4.74 Å². The highest BCUT2D eigenvalue weighted by Gasteiger charge is 2.15. The molecule has 1 aromatic rings. The molecule has 0 aliphatic carbocycles. The number of rotatable bonds is 4. The third-order valence-corrected chi connectivity index (χ3v) is 1.91. The smallest absolute Gasteiger partial charge is 0.407 e. The molecule has 0 aliphatic heterocycles. The van der Waals surface area contributed by atoms with Gasteiger partial charge in [-0.15, -0.1) is 0 Å². The summed E-state index contributed by atoms with van der Waals surface area (Å²) >= 11 is 5.63. The molecule has 18 heavy (non-hydrogen) atoms. The molecule has 7 heteroatoms. The second-order valence-corrected chi connectivity index (χ2v) is 4.90. The Morgan fingerprint density at radius 1 is 1.44 bits per heavy atom. The molecule has 0 radical (unpaired) electrons. The molecule has 0 fully saturated rings. The maximum absolute atomic E-state index is 11.3. The minimum absolute atomic E-state index is 0.181. The Labute approximate surface area is 111 Å². The number of nitrogens with one attached hydrogen (secondary N) is 2. The van der Waals surface area contributed by atoms with Gasteiger partial charge in [-0.3, -0.25) is 0 Å². The standard InChI is InChI=1S/C11H17ClN4O2/c1-11(2,3)18-10(17)15-7-6-13-8-4-5-14-9(12)16-8/h4-5H,6-7H2,1-3H3,(H,15,17)(H,13,14,16). The first-order valence-corrected chi connectivity index (χ1v) is 5.94. The van der Waals surface area contributed by atoms with Crippen LogP contribution in [0.4, 0.5) is 10.6 Å². The summed E-state index contributed by atoms with van der Waals surface area (Å²) in [7, 11) is 0. The van der Waals surface area contributed by atoms with E-state index in [4.69, 9.17) is 16.3 Å². The Morgan fingerprint density at radius 3 is 2.78 bits per heavy atom. The molecule has 2 N–H and O–H groups in total. The van der Waals surface area contributed by atoms with Crippen molar-refractivity contribution in [2.45, 2.75) is 26.4 Å². The lowest BCUT2D eigenvalue weighted by molar-refractivity contribution is 0.0530. The van der Waals surface area contributed by atoms with Crippen molar-refractivity contribution in [1.82, 2.24) is 15.3 Å². The van der Waals surface area contributed by atoms with Gasteiger partial charge in [0.2, 0.25) is 5.28 Å². The van der Waals surface area contributed by atoms with Crippen LogP contribution in [0.1, 0.15) is 20.8 Å². The lowest BCUT2D eigenvalue weighted by Gasteiger charge is -2.19. The number of hydrogen-bond donors (Lipinski definition) is 2. The predicted molar refractivity (Wildman–Crippen MR) is 69.8 cm³/mol. The molecule has 0 saturated carbocycles. The van der Waals surface area contributed by atoms with Crippen molar-refractivity contribution < 1.29 is 9.53 Å². The van der Waals surface area contributed by atoms with Crippen LogP contribution in [0.3, 0.4) is 0 Å². The van der Waals surface area contributed by atoms with E-state index >= 15 is 0 Å². The van der Waals surface area contributed by atoms with E-state index < -0.39 is 11.7 Å². The molecule has 0 bridgehead atoms. The first kappa shape index (κ1) is 14.5. The van der Waals surface area contributed by atoms with E-state index in [2.05, 4.69) is 20.6 Å². The quantitative estimate of drug-likeness (QED) is 0.648. The normalized spacial score (nSPS) is 10.9. The largest absolute Gasteiger partial charge is 0.444 e. The van der Waals surface area contributed by atoms with Gasteiger partial charge in [0, 0.05) is 19.3 Å². The number of anilines is 1. The molecule has 0 atom stereocenters. The van der Waals surface area contributed by atoms with Gasteiger partial charge >= 0.3 is 6.09 Å². The number of ether oxygens (including phenoxy) is 1. The zero-order valence-corrected chi connectivity index (χ0v) is 11.4. The maximum Gasteiger partial charge on any atom is 0.407 e. The lowest BCUT2D eigenvalue weighted by atomic mass is 10.2. The number of halogens is 1. The lowest BCUT2D eigenvalue weighted by Crippen LogP contribution is -2.35. The van der Waals surface area contributed by atoms with Crippen molar-refractivity contribution in [3.63, 3.8) is 0 Å². The fourth-order valence-corrected chi connectivity index (χ4v) is 1.25. The molecular weight excluding hydrogens is 256 g/mol. The Bertz CT molecular complexity index is 406. The predicted octanol–water partition coefficient (Wildman–Crippen LogP) is 2.07. The number of nitrogens with zero attached hydrogens (tertiary/aromatic N) is 2. The van der Waals surface area contributed by atoms with Crippen molar-refractivity contribution in [3.05, 3.63) is 17.5 Å². The van der Waals surface area contributed by atoms with Gasteiger partial charge in [-0.1, -0.05) is 0 Å². The minimum Gasteiger partial charge on any atom is -0.444 e. The Morgan fingerprint density at radius 2 is 2.17 bits per heavy atom. The topological polar surface area (TPSA) is 76.1 Å². The Kier molecular flexibility index (Phi) is 5.15. The van der Waals surface area contributed by atoms with Crippen molar-refractivity contribution >= 4 is 23.5 Å². The summed E-state index contributed by atoms with van der Waals surface area (Å²) in [4.78, 5) is 19.0. The molecule has 1 amide bonds. The van der Waals surface area contributed by atoms with Gasteiger partial charge in [-0.05, 0) is 38.4 Å². The molecule has 100 valence electrons. The highest BCUT2D eigenvalue weighted by Crippen LogP contribution is 2.06. The van der Waals surface area contributed by atoms with Crippen LogP contribution in [0.5, 0.6) is 0 Å². The molecule has 0 aliphatic rings. The van der Waals surface area contributed by atoms with Gasteiger partial charge in [0.1, 0.15) is 11.4 Å². The van der Waals surface area contributed by atoms with Gasteiger partial charge in [0.15, 0.2) is 0 Å². The number of aromatic nitrogens is 2. The summed E-state index contributed by atoms with van der Waals surface area (Å²) in [5.74, 6) is 0.612. The van der Waals surface area contributed by atoms with Crippen LogP contribution in [-0.4, -0.2) is 34.8 Å². The zero-order valence-electron chi connectivity index (χ0n) is 10.7. The molecule has 0 saturated heterocycles. The zero-order chi connectivity index (χ0) is 13.6. The SMILES string of the molecule is CC(C)(C)OC(=O)NCCNc1ccnc(Cl)n1. The van der Waals surface area contributed by atoms with Crippen LogP contribution in [0.2, 0.25) is 5.28 Å². The maximum atomic E-state index is 11.3. The molecule has 1 aromatic heterocycles. The second kappa shape index (κ2) is 6.39. The number of alkyl carbamates (subject to hydrolysis) is 1. The van der Waals surface area contributed by atoms with Crippen LogP contribution in [0, 0.1) is 0 Å². The number of carbonyl (C=O) groups excluding carboxylic acids is 1. The van der Waals surface area contributed by atoms with Crippen molar-refractivity contribution in [1.29, 1.82) is 0 Å². The van der Waals surface area contributed by atoms with E-state index in [1.807, 2.05) is 20.8 Å². The molecule has 6 nitrogen and oxygen atoms in total. The third kappa shape index (κ3) is 6.24. The van der Waals surface area contributed by atoms with E-state index in [0.717, 1.165) is 0 Å². The number of carbonyl (C=O) groups is 1. The second-order valence-electron chi connectivity index (χ2n) is 4.57. The average Bonchev–Trinajstić information content (AvgIpc) is 2.22. The highest BCUT2D eigenvalue weighted by atomic mass is 35.5. The van der Waals surface area contributed by atoms with E-state index in [0.29, 0.717) is 18.9 Å². The fraction of sp³-hybridized carbons (Fsp3) is 0.545. The van der Waals surface area contributed by atoms with Gasteiger partial charge < -0.3 is 15.4 Å².